The van der Waals surface area contributed by atoms with Crippen molar-refractivity contribution in [3.8, 4) is 11.3 Å². The summed E-state index contributed by atoms with van der Waals surface area (Å²) in [5.74, 6) is 0. The van der Waals surface area contributed by atoms with Crippen LogP contribution >= 0.6 is 15.9 Å². The van der Waals surface area contributed by atoms with Gasteiger partial charge in [-0.25, -0.2) is 4.52 Å². The van der Waals surface area contributed by atoms with Gasteiger partial charge >= 0.3 is 0 Å². The van der Waals surface area contributed by atoms with Crippen LogP contribution in [-0.4, -0.2) is 19.3 Å². The minimum absolute atomic E-state index is 0.181. The van der Waals surface area contributed by atoms with Gasteiger partial charge in [-0.15, -0.1) is 0 Å². The van der Waals surface area contributed by atoms with Crippen LogP contribution in [-0.2, 0) is 6.54 Å². The summed E-state index contributed by atoms with van der Waals surface area (Å²) in [6, 6.07) is 15.4. The smallest absolute Gasteiger partial charge is 0.276 e. The third-order valence-corrected chi connectivity index (χ3v) is 5.50. The Labute approximate surface area is 171 Å². The highest BCUT2D eigenvalue weighted by molar-refractivity contribution is 9.10. The van der Waals surface area contributed by atoms with Gasteiger partial charge in [-0.1, -0.05) is 46.3 Å². The maximum absolute atomic E-state index is 12.9. The number of aliphatic hydroxyl groups excluding tert-OH is 1. The van der Waals surface area contributed by atoms with Gasteiger partial charge in [-0.2, -0.15) is 5.10 Å². The molecule has 1 N–H and O–H groups in total. The van der Waals surface area contributed by atoms with E-state index in [1.54, 1.807) is 23.0 Å². The first-order chi connectivity index (χ1) is 13.4. The summed E-state index contributed by atoms with van der Waals surface area (Å²) in [5.41, 5.74) is 5.05. The maximum atomic E-state index is 12.9. The van der Waals surface area contributed by atoms with E-state index in [-0.39, 0.29) is 12.1 Å². The molecule has 142 valence electrons. The van der Waals surface area contributed by atoms with Crippen LogP contribution in [0.15, 0.2) is 70.2 Å². The maximum Gasteiger partial charge on any atom is 0.276 e. The number of benzene rings is 2. The molecule has 28 heavy (non-hydrogen) atoms. The fourth-order valence-corrected chi connectivity index (χ4v) is 3.62. The lowest BCUT2D eigenvalue weighted by Crippen LogP contribution is -2.24. The van der Waals surface area contributed by atoms with Crippen LogP contribution in [0.2, 0.25) is 0 Å². The minimum atomic E-state index is -0.757. The Morgan fingerprint density at radius 3 is 2.64 bits per heavy atom. The van der Waals surface area contributed by atoms with Crippen LogP contribution in [0.4, 0.5) is 0 Å². The Morgan fingerprint density at radius 2 is 1.89 bits per heavy atom. The zero-order valence-corrected chi connectivity index (χ0v) is 17.2. The second-order valence-electron chi connectivity index (χ2n) is 6.98. The Kier molecular flexibility index (Phi) is 4.91. The molecular weight excluding hydrogens is 418 g/mol. The van der Waals surface area contributed by atoms with Gasteiger partial charge < -0.3 is 9.67 Å². The van der Waals surface area contributed by atoms with E-state index in [4.69, 9.17) is 0 Å². The molecule has 2 aromatic carbocycles. The number of hydrogen-bond acceptors (Lipinski definition) is 3. The Morgan fingerprint density at radius 1 is 1.07 bits per heavy atom. The summed E-state index contributed by atoms with van der Waals surface area (Å²) < 4.78 is 4.06. The summed E-state index contributed by atoms with van der Waals surface area (Å²) in [7, 11) is 0. The van der Waals surface area contributed by atoms with Gasteiger partial charge in [0.1, 0.15) is 5.52 Å². The number of nitrogens with zero attached hydrogens (tertiary/aromatic N) is 3. The molecule has 6 heteroatoms. The standard InChI is InChI=1S/C22H20BrN3O2/c1-14-6-7-17(10-15(14)2)21(27)13-25-8-9-26-20(22(25)28)12-19(24-26)16-4-3-5-18(23)11-16/h3-12,21,27H,13H2,1-2H3. The molecule has 0 fully saturated rings. The first kappa shape index (κ1) is 18.7. The van der Waals surface area contributed by atoms with Crippen molar-refractivity contribution in [2.24, 2.45) is 0 Å². The topological polar surface area (TPSA) is 59.5 Å². The van der Waals surface area contributed by atoms with Crippen molar-refractivity contribution in [3.63, 3.8) is 0 Å². The SMILES string of the molecule is Cc1ccc(C(O)Cn2ccn3nc(-c4cccc(Br)c4)cc3c2=O)cc1C. The van der Waals surface area contributed by atoms with Crippen LogP contribution in [0.1, 0.15) is 22.8 Å². The number of aromatic nitrogens is 3. The van der Waals surface area contributed by atoms with Gasteiger partial charge in [0.15, 0.2) is 0 Å². The molecular formula is C22H20BrN3O2. The number of halogens is 1. The molecule has 1 unspecified atom stereocenters. The average Bonchev–Trinajstić information content (AvgIpc) is 3.11. The van der Waals surface area contributed by atoms with Gasteiger partial charge in [0, 0.05) is 22.4 Å². The van der Waals surface area contributed by atoms with Crippen molar-refractivity contribution in [2.75, 3.05) is 0 Å². The molecule has 0 saturated heterocycles. The fraction of sp³-hybridized carbons (Fsp3) is 0.182. The first-order valence-corrected chi connectivity index (χ1v) is 9.81. The molecule has 0 saturated carbocycles. The van der Waals surface area contributed by atoms with Crippen LogP contribution in [0.25, 0.3) is 16.8 Å². The summed E-state index contributed by atoms with van der Waals surface area (Å²) in [6.07, 6.45) is 2.65. The predicted molar refractivity (Wildman–Crippen MR) is 113 cm³/mol. The highest BCUT2D eigenvalue weighted by atomic mass is 79.9. The number of rotatable bonds is 4. The molecule has 0 bridgehead atoms. The van der Waals surface area contributed by atoms with Gasteiger partial charge in [-0.3, -0.25) is 4.79 Å². The summed E-state index contributed by atoms with van der Waals surface area (Å²) >= 11 is 3.46. The summed E-state index contributed by atoms with van der Waals surface area (Å²) in [5, 5.41) is 15.1. The van der Waals surface area contributed by atoms with E-state index in [9.17, 15) is 9.90 Å². The van der Waals surface area contributed by atoms with E-state index in [1.807, 2.05) is 56.3 Å². The van der Waals surface area contributed by atoms with Crippen molar-refractivity contribution < 1.29 is 5.11 Å². The van der Waals surface area contributed by atoms with Crippen molar-refractivity contribution in [3.05, 3.63) is 92.4 Å². The molecule has 0 amide bonds. The van der Waals surface area contributed by atoms with E-state index in [0.29, 0.717) is 5.52 Å². The van der Waals surface area contributed by atoms with E-state index >= 15 is 0 Å². The Bertz CT molecular complexity index is 1230. The largest absolute Gasteiger partial charge is 0.387 e. The van der Waals surface area contributed by atoms with E-state index in [2.05, 4.69) is 21.0 Å². The third-order valence-electron chi connectivity index (χ3n) is 5.01. The Balaban J connectivity index is 1.68. The lowest BCUT2D eigenvalue weighted by molar-refractivity contribution is 0.155. The van der Waals surface area contributed by atoms with Crippen LogP contribution in [0.5, 0.6) is 0 Å². The molecule has 0 radical (unpaired) electrons. The van der Waals surface area contributed by atoms with Gasteiger partial charge in [0.25, 0.3) is 5.56 Å². The fourth-order valence-electron chi connectivity index (χ4n) is 3.22. The highest BCUT2D eigenvalue weighted by Gasteiger charge is 2.13. The zero-order valence-electron chi connectivity index (χ0n) is 15.6. The second kappa shape index (κ2) is 7.37. The van der Waals surface area contributed by atoms with Gasteiger partial charge in [0.2, 0.25) is 0 Å². The normalized spacial score (nSPS) is 12.4. The molecule has 0 aliphatic rings. The molecule has 1 atom stereocenters. The lowest BCUT2D eigenvalue weighted by Gasteiger charge is -2.14. The van der Waals surface area contributed by atoms with Crippen molar-refractivity contribution in [1.29, 1.82) is 0 Å². The minimum Gasteiger partial charge on any atom is -0.387 e. The molecule has 5 nitrogen and oxygen atoms in total. The molecule has 0 spiro atoms. The average molecular weight is 438 g/mol. The molecule has 0 aliphatic carbocycles. The monoisotopic (exact) mass is 437 g/mol. The molecule has 2 heterocycles. The van der Waals surface area contributed by atoms with Crippen molar-refractivity contribution in [2.45, 2.75) is 26.5 Å². The van der Waals surface area contributed by atoms with Crippen molar-refractivity contribution in [1.82, 2.24) is 14.2 Å². The number of hydrogen-bond donors (Lipinski definition) is 1. The summed E-state index contributed by atoms with van der Waals surface area (Å²) in [4.78, 5) is 12.9. The molecule has 4 rings (SSSR count). The van der Waals surface area contributed by atoms with E-state index in [1.165, 1.54) is 10.1 Å². The van der Waals surface area contributed by atoms with Crippen molar-refractivity contribution >= 4 is 21.4 Å². The summed E-state index contributed by atoms with van der Waals surface area (Å²) in [6.45, 7) is 4.24. The predicted octanol–water partition coefficient (Wildman–Crippen LogP) is 4.28. The third kappa shape index (κ3) is 3.53. The molecule has 2 aromatic heterocycles. The van der Waals surface area contributed by atoms with Gasteiger partial charge in [-0.05, 0) is 48.7 Å². The lowest BCUT2D eigenvalue weighted by atomic mass is 10.0. The molecule has 0 aliphatic heterocycles. The quantitative estimate of drug-likeness (QED) is 0.518. The second-order valence-corrected chi connectivity index (χ2v) is 7.90. The highest BCUT2D eigenvalue weighted by Crippen LogP contribution is 2.23. The van der Waals surface area contributed by atoms with E-state index in [0.717, 1.165) is 26.9 Å². The van der Waals surface area contributed by atoms with Crippen LogP contribution in [0.3, 0.4) is 0 Å². The van der Waals surface area contributed by atoms with Crippen LogP contribution < -0.4 is 5.56 Å². The van der Waals surface area contributed by atoms with Crippen LogP contribution in [0, 0.1) is 13.8 Å². The first-order valence-electron chi connectivity index (χ1n) is 9.02. The number of aryl methyl sites for hydroxylation is 2. The van der Waals surface area contributed by atoms with E-state index < -0.39 is 6.10 Å². The number of fused-ring (bicyclic) bond motifs is 1. The van der Waals surface area contributed by atoms with Gasteiger partial charge in [0.05, 0.1) is 18.3 Å². The zero-order chi connectivity index (χ0) is 19.8. The number of aliphatic hydroxyl groups is 1. The molecule has 4 aromatic rings. The Hall–Kier alpha value is -2.70.